The van der Waals surface area contributed by atoms with Crippen molar-refractivity contribution in [2.24, 2.45) is 5.92 Å². The first kappa shape index (κ1) is 18.0. The number of piperidine rings is 1. The Hall–Kier alpha value is -0.360. The molecule has 0 radical (unpaired) electrons. The number of hydrogen-bond donors (Lipinski definition) is 2. The molecule has 0 aromatic heterocycles. The smallest absolute Gasteiger partial charge is 0.227 e. The Labute approximate surface area is 147 Å². The molecule has 3 nitrogen and oxygen atoms in total. The minimum absolute atomic E-state index is 0. The SMILES string of the molecule is C[C@H]1C[C@@H](C(=O)Nc2cccc(C3SCCS3)c2)CCN1.Cl. The van der Waals surface area contributed by atoms with Gasteiger partial charge in [0, 0.05) is 29.2 Å². The molecule has 122 valence electrons. The van der Waals surface area contributed by atoms with E-state index in [1.165, 1.54) is 17.1 Å². The summed E-state index contributed by atoms with van der Waals surface area (Å²) in [5.74, 6) is 2.75. The van der Waals surface area contributed by atoms with E-state index in [1.54, 1.807) is 0 Å². The van der Waals surface area contributed by atoms with Crippen molar-refractivity contribution >= 4 is 47.5 Å². The molecule has 2 fully saturated rings. The van der Waals surface area contributed by atoms with Gasteiger partial charge in [0.05, 0.1) is 4.58 Å². The number of anilines is 1. The fraction of sp³-hybridized carbons (Fsp3) is 0.562. The largest absolute Gasteiger partial charge is 0.326 e. The summed E-state index contributed by atoms with van der Waals surface area (Å²) in [4.78, 5) is 12.4. The summed E-state index contributed by atoms with van der Waals surface area (Å²) in [7, 11) is 0. The van der Waals surface area contributed by atoms with Gasteiger partial charge in [-0.1, -0.05) is 12.1 Å². The van der Waals surface area contributed by atoms with Gasteiger partial charge in [-0.15, -0.1) is 35.9 Å². The predicted octanol–water partition coefficient (Wildman–Crippen LogP) is 3.91. The molecule has 1 aromatic carbocycles. The maximum absolute atomic E-state index is 12.4. The lowest BCUT2D eigenvalue weighted by atomic mass is 9.92. The zero-order chi connectivity index (χ0) is 14.7. The van der Waals surface area contributed by atoms with Crippen molar-refractivity contribution in [2.45, 2.75) is 30.4 Å². The van der Waals surface area contributed by atoms with E-state index in [0.29, 0.717) is 10.6 Å². The van der Waals surface area contributed by atoms with Crippen molar-refractivity contribution in [1.82, 2.24) is 5.32 Å². The second-order valence-electron chi connectivity index (χ2n) is 5.76. The maximum atomic E-state index is 12.4. The van der Waals surface area contributed by atoms with Gasteiger partial charge in [0.1, 0.15) is 0 Å². The summed E-state index contributed by atoms with van der Waals surface area (Å²) < 4.78 is 0.528. The predicted molar refractivity (Wildman–Crippen MR) is 100 cm³/mol. The Morgan fingerprint density at radius 2 is 2.09 bits per heavy atom. The first-order valence-corrected chi connectivity index (χ1v) is 9.69. The van der Waals surface area contributed by atoms with Gasteiger partial charge in [-0.2, -0.15) is 0 Å². The molecular weight excluding hydrogens is 336 g/mol. The lowest BCUT2D eigenvalue weighted by Crippen LogP contribution is -2.40. The molecule has 1 amide bonds. The number of rotatable bonds is 3. The molecule has 2 aliphatic heterocycles. The lowest BCUT2D eigenvalue weighted by molar-refractivity contribution is -0.120. The molecule has 0 saturated carbocycles. The highest BCUT2D eigenvalue weighted by Gasteiger charge is 2.25. The van der Waals surface area contributed by atoms with E-state index < -0.39 is 0 Å². The van der Waals surface area contributed by atoms with E-state index in [4.69, 9.17) is 0 Å². The molecule has 0 spiro atoms. The van der Waals surface area contributed by atoms with E-state index in [9.17, 15) is 4.79 Å². The Kier molecular flexibility index (Phi) is 6.93. The van der Waals surface area contributed by atoms with Crippen LogP contribution in [0.3, 0.4) is 0 Å². The molecule has 6 heteroatoms. The Morgan fingerprint density at radius 1 is 1.32 bits per heavy atom. The van der Waals surface area contributed by atoms with Crippen molar-refractivity contribution in [3.05, 3.63) is 29.8 Å². The molecule has 2 N–H and O–H groups in total. The van der Waals surface area contributed by atoms with Gasteiger partial charge < -0.3 is 10.6 Å². The third-order valence-electron chi connectivity index (χ3n) is 4.04. The van der Waals surface area contributed by atoms with Gasteiger partial charge in [-0.3, -0.25) is 4.79 Å². The van der Waals surface area contributed by atoms with E-state index in [0.717, 1.165) is 25.1 Å². The first-order valence-electron chi connectivity index (χ1n) is 7.60. The molecule has 2 atom stereocenters. The minimum atomic E-state index is 0. The zero-order valence-electron chi connectivity index (χ0n) is 12.7. The van der Waals surface area contributed by atoms with Crippen LogP contribution >= 0.6 is 35.9 Å². The number of thioether (sulfide) groups is 2. The molecular formula is C16H23ClN2OS2. The second-order valence-corrected chi connectivity index (χ2v) is 8.49. The van der Waals surface area contributed by atoms with Crippen molar-refractivity contribution in [3.8, 4) is 0 Å². The number of benzene rings is 1. The monoisotopic (exact) mass is 358 g/mol. The fourth-order valence-corrected chi connectivity index (χ4v) is 5.77. The summed E-state index contributed by atoms with van der Waals surface area (Å²) in [6.45, 7) is 3.09. The van der Waals surface area contributed by atoms with Gasteiger partial charge in [0.25, 0.3) is 0 Å². The van der Waals surface area contributed by atoms with Crippen LogP contribution in [-0.4, -0.2) is 30.0 Å². The van der Waals surface area contributed by atoms with Crippen LogP contribution in [0.25, 0.3) is 0 Å². The average Bonchev–Trinajstić information content (AvgIpc) is 3.02. The minimum Gasteiger partial charge on any atom is -0.326 e. The van der Waals surface area contributed by atoms with Crippen LogP contribution in [0.1, 0.15) is 29.9 Å². The summed E-state index contributed by atoms with van der Waals surface area (Å²) in [5.41, 5.74) is 2.26. The van der Waals surface area contributed by atoms with Gasteiger partial charge in [0.2, 0.25) is 5.91 Å². The van der Waals surface area contributed by atoms with Crippen molar-refractivity contribution in [3.63, 3.8) is 0 Å². The molecule has 2 aliphatic rings. The molecule has 2 saturated heterocycles. The van der Waals surface area contributed by atoms with E-state index in [-0.39, 0.29) is 24.2 Å². The Morgan fingerprint density at radius 3 is 2.82 bits per heavy atom. The van der Waals surface area contributed by atoms with Crippen LogP contribution in [0.15, 0.2) is 24.3 Å². The van der Waals surface area contributed by atoms with Crippen LogP contribution in [-0.2, 0) is 4.79 Å². The quantitative estimate of drug-likeness (QED) is 0.859. The molecule has 22 heavy (non-hydrogen) atoms. The standard InChI is InChI=1S/C16H22N2OS2.ClH/c1-11-9-12(5-6-17-11)15(19)18-14-4-2-3-13(10-14)16-20-7-8-21-16;/h2-4,10-12,16-17H,5-9H2,1H3,(H,18,19);1H/t11-,12-;/m0./s1. The van der Waals surface area contributed by atoms with Gasteiger partial charge in [0.15, 0.2) is 0 Å². The van der Waals surface area contributed by atoms with Crippen LogP contribution < -0.4 is 10.6 Å². The average molecular weight is 359 g/mol. The van der Waals surface area contributed by atoms with Crippen LogP contribution in [0.2, 0.25) is 0 Å². The number of carbonyl (C=O) groups is 1. The fourth-order valence-electron chi connectivity index (χ4n) is 2.93. The summed E-state index contributed by atoms with van der Waals surface area (Å²) >= 11 is 3.99. The Bertz CT molecular complexity index is 509. The highest BCUT2D eigenvalue weighted by molar-refractivity contribution is 8.19. The molecule has 2 heterocycles. The topological polar surface area (TPSA) is 41.1 Å². The van der Waals surface area contributed by atoms with Gasteiger partial charge in [-0.25, -0.2) is 0 Å². The lowest BCUT2D eigenvalue weighted by Gasteiger charge is -2.27. The van der Waals surface area contributed by atoms with Crippen molar-refractivity contribution in [1.29, 1.82) is 0 Å². The molecule has 0 bridgehead atoms. The second kappa shape index (κ2) is 8.48. The number of hydrogen-bond acceptors (Lipinski definition) is 4. The normalized spacial score (nSPS) is 25.5. The van der Waals surface area contributed by atoms with Crippen LogP contribution in [0.4, 0.5) is 5.69 Å². The number of amides is 1. The molecule has 1 aromatic rings. The molecule has 3 rings (SSSR count). The van der Waals surface area contributed by atoms with Crippen LogP contribution in [0, 0.1) is 5.92 Å². The van der Waals surface area contributed by atoms with Gasteiger partial charge >= 0.3 is 0 Å². The van der Waals surface area contributed by atoms with Gasteiger partial charge in [-0.05, 0) is 44.0 Å². The highest BCUT2D eigenvalue weighted by Crippen LogP contribution is 2.45. The highest BCUT2D eigenvalue weighted by atomic mass is 35.5. The van der Waals surface area contributed by atoms with E-state index >= 15 is 0 Å². The first-order chi connectivity index (χ1) is 10.2. The number of halogens is 1. The molecule has 0 unspecified atom stereocenters. The van der Waals surface area contributed by atoms with Crippen LogP contribution in [0.5, 0.6) is 0 Å². The number of carbonyl (C=O) groups excluding carboxylic acids is 1. The summed E-state index contributed by atoms with van der Waals surface area (Å²) in [5, 5.41) is 6.50. The van der Waals surface area contributed by atoms with E-state index in [1.807, 2.05) is 29.6 Å². The summed E-state index contributed by atoms with van der Waals surface area (Å²) in [6.07, 6.45) is 1.87. The van der Waals surface area contributed by atoms with Crippen molar-refractivity contribution in [2.75, 3.05) is 23.4 Å². The third-order valence-corrected chi connectivity index (χ3v) is 7.15. The molecule has 0 aliphatic carbocycles. The number of nitrogens with one attached hydrogen (secondary N) is 2. The van der Waals surface area contributed by atoms with Crippen molar-refractivity contribution < 1.29 is 4.79 Å². The van der Waals surface area contributed by atoms with E-state index in [2.05, 4.69) is 35.8 Å². The Balaban J connectivity index is 0.00000176. The third kappa shape index (κ3) is 4.57. The summed E-state index contributed by atoms with van der Waals surface area (Å²) in [6, 6.07) is 8.79. The zero-order valence-corrected chi connectivity index (χ0v) is 15.2. The maximum Gasteiger partial charge on any atom is 0.227 e.